The first kappa shape index (κ1) is 14.7. The lowest BCUT2D eigenvalue weighted by atomic mass is 9.72. The Bertz CT molecular complexity index is 451. The highest BCUT2D eigenvalue weighted by Crippen LogP contribution is 2.37. The third kappa shape index (κ3) is 3.59. The zero-order valence-corrected chi connectivity index (χ0v) is 12.3. The molecule has 1 aromatic rings. The summed E-state index contributed by atoms with van der Waals surface area (Å²) in [7, 11) is 0. The van der Waals surface area contributed by atoms with E-state index in [-0.39, 0.29) is 22.4 Å². The Labute approximate surface area is 110 Å². The van der Waals surface area contributed by atoms with Crippen molar-refractivity contribution in [2.24, 2.45) is 5.41 Å². The molecule has 2 nitrogen and oxygen atoms in total. The fraction of sp³-hybridized carbons (Fsp3) is 0.562. The number of ketones is 1. The second kappa shape index (κ2) is 4.75. The van der Waals surface area contributed by atoms with Crippen LogP contribution >= 0.6 is 0 Å². The van der Waals surface area contributed by atoms with Crippen molar-refractivity contribution in [1.82, 2.24) is 0 Å². The van der Waals surface area contributed by atoms with Crippen LogP contribution in [0.3, 0.4) is 0 Å². The lowest BCUT2D eigenvalue weighted by Gasteiger charge is -2.33. The first-order chi connectivity index (χ1) is 8.03. The molecular weight excluding hydrogens is 224 g/mol. The van der Waals surface area contributed by atoms with Gasteiger partial charge in [0.15, 0.2) is 5.78 Å². The van der Waals surface area contributed by atoms with E-state index in [4.69, 9.17) is 0 Å². The summed E-state index contributed by atoms with van der Waals surface area (Å²) in [5.74, 6) is -0.0290. The molecule has 0 radical (unpaired) electrons. The summed E-state index contributed by atoms with van der Waals surface area (Å²) in [6, 6.07) is 5.35. The van der Waals surface area contributed by atoms with E-state index in [9.17, 15) is 9.90 Å². The molecule has 18 heavy (non-hydrogen) atoms. The topological polar surface area (TPSA) is 37.3 Å². The van der Waals surface area contributed by atoms with E-state index in [1.165, 1.54) is 6.92 Å². The second-order valence-corrected chi connectivity index (χ2v) is 6.91. The molecule has 0 bridgehead atoms. The number of hydrogen-bond acceptors (Lipinski definition) is 2. The number of phenolic OH excluding ortho intramolecular Hbond substituents is 1. The van der Waals surface area contributed by atoms with Crippen molar-refractivity contribution in [3.05, 3.63) is 29.3 Å². The molecule has 0 heterocycles. The monoisotopic (exact) mass is 248 g/mol. The average molecular weight is 248 g/mol. The van der Waals surface area contributed by atoms with Crippen LogP contribution in [0.25, 0.3) is 0 Å². The van der Waals surface area contributed by atoms with Gasteiger partial charge in [0.25, 0.3) is 0 Å². The number of Topliss-reactive ketones (excluding diaryl/α,β-unsaturated/α-hetero) is 1. The third-order valence-electron chi connectivity index (χ3n) is 3.13. The molecule has 0 aromatic heterocycles. The van der Waals surface area contributed by atoms with Crippen molar-refractivity contribution in [2.45, 2.75) is 53.4 Å². The van der Waals surface area contributed by atoms with E-state index in [2.05, 4.69) is 34.6 Å². The van der Waals surface area contributed by atoms with Gasteiger partial charge in [-0.1, -0.05) is 40.7 Å². The summed E-state index contributed by atoms with van der Waals surface area (Å²) in [6.07, 6.45) is 1.02. The van der Waals surface area contributed by atoms with Crippen LogP contribution in [0.2, 0.25) is 0 Å². The summed E-state index contributed by atoms with van der Waals surface area (Å²) in [6.45, 7) is 12.5. The molecule has 0 aliphatic carbocycles. The van der Waals surface area contributed by atoms with Crippen LogP contribution in [0.15, 0.2) is 18.2 Å². The molecule has 100 valence electrons. The predicted molar refractivity (Wildman–Crippen MR) is 75.2 cm³/mol. The molecular formula is C16H24O2. The van der Waals surface area contributed by atoms with Crippen molar-refractivity contribution >= 4 is 5.78 Å². The van der Waals surface area contributed by atoms with Crippen LogP contribution in [0.5, 0.6) is 5.75 Å². The van der Waals surface area contributed by atoms with Gasteiger partial charge >= 0.3 is 0 Å². The summed E-state index contributed by atoms with van der Waals surface area (Å²) in [5, 5.41) is 9.68. The molecule has 1 N–H and O–H groups in total. The van der Waals surface area contributed by atoms with Crippen molar-refractivity contribution < 1.29 is 9.90 Å². The van der Waals surface area contributed by atoms with Crippen molar-refractivity contribution in [2.75, 3.05) is 0 Å². The Balaban J connectivity index is 3.17. The molecule has 0 saturated heterocycles. The van der Waals surface area contributed by atoms with E-state index in [0.29, 0.717) is 5.56 Å². The van der Waals surface area contributed by atoms with Gasteiger partial charge in [-0.2, -0.15) is 0 Å². The second-order valence-electron chi connectivity index (χ2n) is 6.91. The van der Waals surface area contributed by atoms with Gasteiger partial charge in [-0.15, -0.1) is 0 Å². The smallest absolute Gasteiger partial charge is 0.163 e. The molecule has 0 saturated carbocycles. The molecule has 1 aromatic carbocycles. The van der Waals surface area contributed by atoms with Gasteiger partial charge in [0.1, 0.15) is 5.75 Å². The first-order valence-electron chi connectivity index (χ1n) is 6.37. The summed E-state index contributed by atoms with van der Waals surface area (Å²) < 4.78 is 0. The van der Waals surface area contributed by atoms with Crippen LogP contribution in [0.1, 0.15) is 63.9 Å². The zero-order chi connectivity index (χ0) is 14.1. The standard InChI is InChI=1S/C16H24O2/c1-11(17)13-9-12(7-8-14(13)18)16(5,6)10-15(2,3)4/h7-9,18H,10H2,1-6H3. The largest absolute Gasteiger partial charge is 0.507 e. The number of hydrogen-bond donors (Lipinski definition) is 1. The number of aromatic hydroxyl groups is 1. The van der Waals surface area contributed by atoms with E-state index < -0.39 is 0 Å². The SMILES string of the molecule is CC(=O)c1cc(C(C)(C)CC(C)(C)C)ccc1O. The van der Waals surface area contributed by atoms with Gasteiger partial charge in [-0.25, -0.2) is 0 Å². The van der Waals surface area contributed by atoms with Crippen molar-refractivity contribution in [3.8, 4) is 5.75 Å². The number of carbonyl (C=O) groups excluding carboxylic acids is 1. The van der Waals surface area contributed by atoms with Crippen molar-refractivity contribution in [3.63, 3.8) is 0 Å². The minimum atomic E-state index is -0.0964. The Morgan fingerprint density at radius 3 is 2.17 bits per heavy atom. The van der Waals surface area contributed by atoms with Crippen LogP contribution in [0, 0.1) is 5.41 Å². The van der Waals surface area contributed by atoms with Crippen LogP contribution in [-0.4, -0.2) is 10.9 Å². The minimum absolute atomic E-state index is 0.0177. The number of phenols is 1. The highest BCUT2D eigenvalue weighted by atomic mass is 16.3. The molecule has 0 spiro atoms. The normalized spacial score (nSPS) is 12.6. The number of benzene rings is 1. The Morgan fingerprint density at radius 1 is 1.17 bits per heavy atom. The summed E-state index contributed by atoms with van der Waals surface area (Å²) in [4.78, 5) is 11.5. The summed E-state index contributed by atoms with van der Waals surface area (Å²) >= 11 is 0. The van der Waals surface area contributed by atoms with Crippen LogP contribution < -0.4 is 0 Å². The fourth-order valence-electron chi connectivity index (χ4n) is 2.67. The molecule has 1 rings (SSSR count). The van der Waals surface area contributed by atoms with Gasteiger partial charge in [-0.05, 0) is 41.9 Å². The van der Waals surface area contributed by atoms with Gasteiger partial charge in [0.05, 0.1) is 5.56 Å². The van der Waals surface area contributed by atoms with E-state index in [1.807, 2.05) is 12.1 Å². The molecule has 0 aliphatic rings. The molecule has 0 amide bonds. The van der Waals surface area contributed by atoms with Gasteiger partial charge in [0, 0.05) is 0 Å². The lowest BCUT2D eigenvalue weighted by molar-refractivity contribution is 0.101. The Kier molecular flexibility index (Phi) is 3.89. The average Bonchev–Trinajstić information content (AvgIpc) is 2.13. The summed E-state index contributed by atoms with van der Waals surface area (Å²) in [5.41, 5.74) is 1.71. The molecule has 0 unspecified atom stereocenters. The first-order valence-corrected chi connectivity index (χ1v) is 6.37. The minimum Gasteiger partial charge on any atom is -0.507 e. The highest BCUT2D eigenvalue weighted by molar-refractivity contribution is 5.96. The van der Waals surface area contributed by atoms with E-state index >= 15 is 0 Å². The number of carbonyl (C=O) groups is 1. The van der Waals surface area contributed by atoms with E-state index in [0.717, 1.165) is 12.0 Å². The Morgan fingerprint density at radius 2 is 1.72 bits per heavy atom. The van der Waals surface area contributed by atoms with E-state index in [1.54, 1.807) is 6.07 Å². The van der Waals surface area contributed by atoms with Gasteiger partial charge in [0.2, 0.25) is 0 Å². The van der Waals surface area contributed by atoms with Gasteiger partial charge in [-0.3, -0.25) is 4.79 Å². The molecule has 2 heteroatoms. The Hall–Kier alpha value is -1.31. The molecule has 0 aliphatic heterocycles. The highest BCUT2D eigenvalue weighted by Gasteiger charge is 2.28. The number of rotatable bonds is 3. The maximum Gasteiger partial charge on any atom is 0.163 e. The van der Waals surface area contributed by atoms with Gasteiger partial charge < -0.3 is 5.11 Å². The van der Waals surface area contributed by atoms with Crippen LogP contribution in [-0.2, 0) is 5.41 Å². The molecule has 0 fully saturated rings. The fourth-order valence-corrected chi connectivity index (χ4v) is 2.67. The zero-order valence-electron chi connectivity index (χ0n) is 12.3. The quantitative estimate of drug-likeness (QED) is 0.809. The van der Waals surface area contributed by atoms with Crippen LogP contribution in [0.4, 0.5) is 0 Å². The maximum absolute atomic E-state index is 11.5. The lowest BCUT2D eigenvalue weighted by Crippen LogP contribution is -2.25. The molecule has 0 atom stereocenters. The third-order valence-corrected chi connectivity index (χ3v) is 3.13. The maximum atomic E-state index is 11.5. The van der Waals surface area contributed by atoms with Crippen molar-refractivity contribution in [1.29, 1.82) is 0 Å². The predicted octanol–water partition coefficient (Wildman–Crippen LogP) is 4.31.